The number of piperidine rings is 1. The van der Waals surface area contributed by atoms with E-state index < -0.39 is 0 Å². The second-order valence-corrected chi connectivity index (χ2v) is 6.20. The van der Waals surface area contributed by atoms with Crippen molar-refractivity contribution < 1.29 is 0 Å². The Kier molecular flexibility index (Phi) is 3.81. The summed E-state index contributed by atoms with van der Waals surface area (Å²) in [6.07, 6.45) is 1.91. The third kappa shape index (κ3) is 4.73. The number of hydrogen-bond donors (Lipinski definition) is 3. The van der Waals surface area contributed by atoms with Crippen LogP contribution in [0.15, 0.2) is 9.98 Å². The summed E-state index contributed by atoms with van der Waals surface area (Å²) >= 11 is 0. The van der Waals surface area contributed by atoms with Crippen LogP contribution >= 0.6 is 0 Å². The Morgan fingerprint density at radius 3 is 2.00 bits per heavy atom. The molecule has 0 bridgehead atoms. The van der Waals surface area contributed by atoms with Gasteiger partial charge in [-0.25, -0.2) is 9.98 Å². The molecule has 0 aliphatic carbocycles. The first-order valence-electron chi connectivity index (χ1n) is 6.03. The van der Waals surface area contributed by atoms with Gasteiger partial charge in [0.25, 0.3) is 0 Å². The molecule has 1 aliphatic rings. The molecule has 1 fully saturated rings. The highest BCUT2D eigenvalue weighted by molar-refractivity contribution is 5.93. The number of hydrogen-bond acceptors (Lipinski definition) is 2. The second-order valence-electron chi connectivity index (χ2n) is 6.20. The summed E-state index contributed by atoms with van der Waals surface area (Å²) in [5.41, 5.74) is 11.4. The normalized spacial score (nSPS) is 25.9. The summed E-state index contributed by atoms with van der Waals surface area (Å²) in [5, 5.41) is 3.61. The third-order valence-corrected chi connectivity index (χ3v) is 2.77. The van der Waals surface area contributed by atoms with Gasteiger partial charge < -0.3 is 16.8 Å². The lowest BCUT2D eigenvalue weighted by Gasteiger charge is -2.45. The van der Waals surface area contributed by atoms with Gasteiger partial charge in [-0.05, 0) is 47.5 Å². The first kappa shape index (κ1) is 14.0. The zero-order valence-corrected chi connectivity index (χ0v) is 11.5. The van der Waals surface area contributed by atoms with E-state index in [9.17, 15) is 0 Å². The molecule has 0 aromatic heterocycles. The average Bonchev–Trinajstić information content (AvgIpc) is 1.93. The predicted molar refractivity (Wildman–Crippen MR) is 73.2 cm³/mol. The molecule has 5 nitrogen and oxygen atoms in total. The fourth-order valence-corrected chi connectivity index (χ4v) is 2.76. The standard InChI is InChI=1S/C12H25N5/c1-8(13)15-10(14)16-9-6-11(2,3)17-12(4,5)7-9/h9,17H,6-7H2,1-5H3,(H4,13,14,15,16). The lowest BCUT2D eigenvalue weighted by molar-refractivity contribution is 0.164. The molecule has 0 amide bonds. The van der Waals surface area contributed by atoms with Crippen LogP contribution in [0.1, 0.15) is 47.5 Å². The summed E-state index contributed by atoms with van der Waals surface area (Å²) in [6, 6.07) is 0.198. The highest BCUT2D eigenvalue weighted by Gasteiger charge is 2.37. The Morgan fingerprint density at radius 1 is 1.12 bits per heavy atom. The molecule has 0 radical (unpaired) electrons. The van der Waals surface area contributed by atoms with Gasteiger partial charge in [0.2, 0.25) is 5.96 Å². The maximum absolute atomic E-state index is 5.74. The summed E-state index contributed by atoms with van der Waals surface area (Å²) in [4.78, 5) is 8.42. The van der Waals surface area contributed by atoms with Gasteiger partial charge in [-0.1, -0.05) is 0 Å². The van der Waals surface area contributed by atoms with Crippen molar-refractivity contribution in [1.29, 1.82) is 0 Å². The molecule has 1 aliphatic heterocycles. The van der Waals surface area contributed by atoms with E-state index in [1.165, 1.54) is 0 Å². The zero-order valence-electron chi connectivity index (χ0n) is 11.5. The maximum Gasteiger partial charge on any atom is 0.217 e. The van der Waals surface area contributed by atoms with Crippen molar-refractivity contribution in [3.05, 3.63) is 0 Å². The van der Waals surface area contributed by atoms with E-state index in [0.29, 0.717) is 5.84 Å². The molecular formula is C12H25N5. The van der Waals surface area contributed by atoms with Gasteiger partial charge >= 0.3 is 0 Å². The lowest BCUT2D eigenvalue weighted by Crippen LogP contribution is -2.59. The highest BCUT2D eigenvalue weighted by Crippen LogP contribution is 2.30. The van der Waals surface area contributed by atoms with E-state index in [2.05, 4.69) is 43.0 Å². The number of nitrogens with two attached hydrogens (primary N) is 2. The van der Waals surface area contributed by atoms with Gasteiger partial charge in [-0.3, -0.25) is 0 Å². The smallest absolute Gasteiger partial charge is 0.217 e. The monoisotopic (exact) mass is 239 g/mol. The Bertz CT molecular complexity index is 321. The van der Waals surface area contributed by atoms with Crippen LogP contribution in [0, 0.1) is 0 Å². The topological polar surface area (TPSA) is 88.8 Å². The largest absolute Gasteiger partial charge is 0.387 e. The summed E-state index contributed by atoms with van der Waals surface area (Å²) < 4.78 is 0. The molecule has 0 aromatic rings. The van der Waals surface area contributed by atoms with Gasteiger partial charge in [0.05, 0.1) is 11.9 Å². The molecule has 0 aromatic carbocycles. The van der Waals surface area contributed by atoms with E-state index in [0.717, 1.165) is 12.8 Å². The molecular weight excluding hydrogens is 214 g/mol. The minimum Gasteiger partial charge on any atom is -0.387 e. The zero-order chi connectivity index (χ0) is 13.3. The number of aliphatic imine (C=N–C) groups is 2. The van der Waals surface area contributed by atoms with Gasteiger partial charge in [0.1, 0.15) is 0 Å². The SMILES string of the molecule is C/C(N)=N\C(N)=NC1CC(C)(C)NC(C)(C)C1. The molecule has 0 spiro atoms. The average molecular weight is 239 g/mol. The van der Waals surface area contributed by atoms with Crippen molar-refractivity contribution in [3.8, 4) is 0 Å². The van der Waals surface area contributed by atoms with Gasteiger partial charge in [0.15, 0.2) is 0 Å². The minimum atomic E-state index is 0.0671. The van der Waals surface area contributed by atoms with E-state index >= 15 is 0 Å². The van der Waals surface area contributed by atoms with Crippen LogP contribution < -0.4 is 16.8 Å². The van der Waals surface area contributed by atoms with E-state index in [1.807, 2.05) is 0 Å². The molecule has 1 heterocycles. The van der Waals surface area contributed by atoms with Gasteiger partial charge in [-0.2, -0.15) is 0 Å². The number of nitrogens with zero attached hydrogens (tertiary/aromatic N) is 2. The summed E-state index contributed by atoms with van der Waals surface area (Å²) in [6.45, 7) is 10.4. The first-order valence-corrected chi connectivity index (χ1v) is 6.03. The Labute approximate surface area is 104 Å². The van der Waals surface area contributed by atoms with Crippen LogP contribution in [0.2, 0.25) is 0 Å². The van der Waals surface area contributed by atoms with E-state index in [4.69, 9.17) is 11.5 Å². The maximum atomic E-state index is 5.74. The summed E-state index contributed by atoms with van der Waals surface area (Å²) in [7, 11) is 0. The van der Waals surface area contributed by atoms with Crippen LogP contribution in [-0.4, -0.2) is 28.9 Å². The second kappa shape index (κ2) is 4.64. The highest BCUT2D eigenvalue weighted by atomic mass is 15.1. The van der Waals surface area contributed by atoms with Crippen molar-refractivity contribution >= 4 is 11.8 Å². The first-order chi connectivity index (χ1) is 7.60. The van der Waals surface area contributed by atoms with Crippen LogP contribution in [0.25, 0.3) is 0 Å². The van der Waals surface area contributed by atoms with Crippen molar-refractivity contribution in [1.82, 2.24) is 5.32 Å². The molecule has 17 heavy (non-hydrogen) atoms. The molecule has 5 N–H and O–H groups in total. The van der Waals surface area contributed by atoms with E-state index in [1.54, 1.807) is 6.92 Å². The van der Waals surface area contributed by atoms with Crippen molar-refractivity contribution in [3.63, 3.8) is 0 Å². The van der Waals surface area contributed by atoms with Crippen molar-refractivity contribution in [2.24, 2.45) is 21.5 Å². The minimum absolute atomic E-state index is 0.0671. The molecule has 5 heteroatoms. The van der Waals surface area contributed by atoms with Gasteiger partial charge in [0, 0.05) is 11.1 Å². The summed E-state index contributed by atoms with van der Waals surface area (Å²) in [5.74, 6) is 0.724. The fourth-order valence-electron chi connectivity index (χ4n) is 2.76. The van der Waals surface area contributed by atoms with Gasteiger partial charge in [-0.15, -0.1) is 0 Å². The molecule has 1 saturated heterocycles. The Balaban J connectivity index is 2.82. The molecule has 0 saturated carbocycles. The predicted octanol–water partition coefficient (Wildman–Crippen LogP) is 0.987. The molecule has 1 rings (SSSR count). The van der Waals surface area contributed by atoms with E-state index in [-0.39, 0.29) is 23.1 Å². The number of guanidine groups is 1. The Morgan fingerprint density at radius 2 is 1.59 bits per heavy atom. The van der Waals surface area contributed by atoms with Crippen molar-refractivity contribution in [2.75, 3.05) is 0 Å². The van der Waals surface area contributed by atoms with Crippen molar-refractivity contribution in [2.45, 2.75) is 64.6 Å². The number of amidine groups is 1. The van der Waals surface area contributed by atoms with Crippen LogP contribution in [0.4, 0.5) is 0 Å². The quantitative estimate of drug-likeness (QED) is 0.471. The van der Waals surface area contributed by atoms with Crippen LogP contribution in [0.5, 0.6) is 0 Å². The number of rotatable bonds is 1. The van der Waals surface area contributed by atoms with Crippen LogP contribution in [0.3, 0.4) is 0 Å². The lowest BCUT2D eigenvalue weighted by atomic mass is 9.80. The third-order valence-electron chi connectivity index (χ3n) is 2.77. The van der Waals surface area contributed by atoms with Crippen LogP contribution in [-0.2, 0) is 0 Å². The molecule has 0 unspecified atom stereocenters. The number of nitrogens with one attached hydrogen (secondary N) is 1. The Hall–Kier alpha value is -1.10. The molecule has 98 valence electrons. The fraction of sp³-hybridized carbons (Fsp3) is 0.833. The molecule has 0 atom stereocenters.